The summed E-state index contributed by atoms with van der Waals surface area (Å²) in [6.45, 7) is 3.90. The highest BCUT2D eigenvalue weighted by Crippen LogP contribution is 2.21. The number of nitrogens with two attached hydrogens (primary N) is 2. The summed E-state index contributed by atoms with van der Waals surface area (Å²) in [5.41, 5.74) is 5.18. The van der Waals surface area contributed by atoms with Crippen LogP contribution < -0.4 is 22.4 Å². The van der Waals surface area contributed by atoms with Gasteiger partial charge in [0.05, 0.1) is 5.75 Å². The van der Waals surface area contributed by atoms with Crippen LogP contribution in [0.4, 0.5) is 11.6 Å². The second-order valence-corrected chi connectivity index (χ2v) is 5.37. The van der Waals surface area contributed by atoms with E-state index in [1.165, 1.54) is 16.4 Å². The molecule has 0 radical (unpaired) electrons. The van der Waals surface area contributed by atoms with E-state index in [1.807, 2.05) is 32.0 Å². The van der Waals surface area contributed by atoms with Gasteiger partial charge in [-0.05, 0) is 25.0 Å². The van der Waals surface area contributed by atoms with Crippen LogP contribution in [0.3, 0.4) is 0 Å². The number of para-hydroxylation sites is 1. The summed E-state index contributed by atoms with van der Waals surface area (Å²) in [6.07, 6.45) is 0. The topological polar surface area (TPSA) is 124 Å². The molecule has 0 bridgehead atoms. The van der Waals surface area contributed by atoms with Crippen LogP contribution in [-0.4, -0.2) is 26.5 Å². The molecule has 0 aliphatic heterocycles. The van der Waals surface area contributed by atoms with Gasteiger partial charge in [-0.25, -0.2) is 10.5 Å². The molecule has 0 saturated carbocycles. The predicted octanol–water partition coefficient (Wildman–Crippen LogP) is 0.625. The highest BCUT2D eigenvalue weighted by molar-refractivity contribution is 7.99. The fourth-order valence-corrected chi connectivity index (χ4v) is 2.45. The van der Waals surface area contributed by atoms with Crippen molar-refractivity contribution in [2.45, 2.75) is 19.0 Å². The third kappa shape index (κ3) is 3.44. The number of hydrogen-bond acceptors (Lipinski definition) is 7. The number of thioether (sulfide) groups is 1. The Morgan fingerprint density at radius 3 is 2.57 bits per heavy atom. The summed E-state index contributed by atoms with van der Waals surface area (Å²) < 4.78 is 1.19. The number of nitrogens with zero attached hydrogens (tertiary/aromatic N) is 3. The van der Waals surface area contributed by atoms with Crippen molar-refractivity contribution < 1.29 is 4.79 Å². The van der Waals surface area contributed by atoms with Crippen LogP contribution in [0.5, 0.6) is 0 Å². The molecule has 0 fully saturated rings. The molecule has 0 atom stereocenters. The average Bonchev–Trinajstić information content (AvgIpc) is 2.81. The molecule has 0 unspecified atom stereocenters. The van der Waals surface area contributed by atoms with Gasteiger partial charge in [-0.2, -0.15) is 0 Å². The van der Waals surface area contributed by atoms with E-state index in [9.17, 15) is 4.79 Å². The van der Waals surface area contributed by atoms with E-state index in [0.717, 1.165) is 16.8 Å². The number of anilines is 2. The van der Waals surface area contributed by atoms with Gasteiger partial charge in [-0.15, -0.1) is 10.2 Å². The molecule has 2 aromatic rings. The van der Waals surface area contributed by atoms with E-state index in [2.05, 4.69) is 20.9 Å². The molecular formula is C12H17N7OS. The molecule has 112 valence electrons. The van der Waals surface area contributed by atoms with Crippen LogP contribution in [-0.2, 0) is 4.79 Å². The number of amides is 1. The van der Waals surface area contributed by atoms with Crippen molar-refractivity contribution in [3.8, 4) is 0 Å². The monoisotopic (exact) mass is 307 g/mol. The lowest BCUT2D eigenvalue weighted by atomic mass is 10.1. The Hall–Kier alpha value is -2.26. The zero-order valence-electron chi connectivity index (χ0n) is 11.8. The van der Waals surface area contributed by atoms with E-state index in [-0.39, 0.29) is 17.6 Å². The minimum atomic E-state index is -0.136. The van der Waals surface area contributed by atoms with Crippen molar-refractivity contribution in [3.05, 3.63) is 29.3 Å². The van der Waals surface area contributed by atoms with E-state index in [1.54, 1.807) is 0 Å². The minimum Gasteiger partial charge on any atom is -0.334 e. The number of carbonyl (C=O) groups is 1. The van der Waals surface area contributed by atoms with Gasteiger partial charge in [0.2, 0.25) is 11.1 Å². The van der Waals surface area contributed by atoms with Crippen molar-refractivity contribution in [1.29, 1.82) is 0 Å². The standard InChI is InChI=1S/C12H17N7OS/c1-7-4-3-5-8(2)10(7)15-9(20)6-21-12-18-17-11(16-13)19(12)14/h3-5H,6,13-14H2,1-2H3,(H,15,20)(H,16,17). The van der Waals surface area contributed by atoms with Crippen LogP contribution in [0.15, 0.2) is 23.4 Å². The predicted molar refractivity (Wildman–Crippen MR) is 83.3 cm³/mol. The molecule has 9 heteroatoms. The third-order valence-corrected chi connectivity index (χ3v) is 3.81. The molecule has 21 heavy (non-hydrogen) atoms. The van der Waals surface area contributed by atoms with Gasteiger partial charge < -0.3 is 11.2 Å². The zero-order valence-corrected chi connectivity index (χ0v) is 12.6. The maximum atomic E-state index is 12.0. The van der Waals surface area contributed by atoms with Gasteiger partial charge in [0.1, 0.15) is 0 Å². The number of nitrogen functional groups attached to an aromatic ring is 2. The summed E-state index contributed by atoms with van der Waals surface area (Å²) in [6, 6.07) is 5.85. The van der Waals surface area contributed by atoms with Crippen molar-refractivity contribution in [2.24, 2.45) is 5.84 Å². The number of hydrazine groups is 1. The molecule has 0 spiro atoms. The highest BCUT2D eigenvalue weighted by Gasteiger charge is 2.12. The van der Waals surface area contributed by atoms with Crippen molar-refractivity contribution in [2.75, 3.05) is 22.3 Å². The maximum Gasteiger partial charge on any atom is 0.258 e. The molecule has 1 aromatic heterocycles. The summed E-state index contributed by atoms with van der Waals surface area (Å²) >= 11 is 1.18. The highest BCUT2D eigenvalue weighted by atomic mass is 32.2. The normalized spacial score (nSPS) is 10.4. The fraction of sp³-hybridized carbons (Fsp3) is 0.250. The first-order valence-electron chi connectivity index (χ1n) is 6.19. The Labute approximate surface area is 126 Å². The number of hydrogen-bond donors (Lipinski definition) is 4. The molecule has 6 N–H and O–H groups in total. The molecule has 1 amide bonds. The Morgan fingerprint density at radius 1 is 1.33 bits per heavy atom. The SMILES string of the molecule is Cc1cccc(C)c1NC(=O)CSc1nnc(NN)n1N. The quantitative estimate of drug-likeness (QED) is 0.363. The molecule has 0 aliphatic rings. The molecular weight excluding hydrogens is 290 g/mol. The smallest absolute Gasteiger partial charge is 0.258 e. The van der Waals surface area contributed by atoms with Gasteiger partial charge in [0.25, 0.3) is 5.95 Å². The number of nitrogens with one attached hydrogen (secondary N) is 2. The first-order chi connectivity index (χ1) is 10.0. The van der Waals surface area contributed by atoms with Gasteiger partial charge >= 0.3 is 0 Å². The fourth-order valence-electron chi connectivity index (χ4n) is 1.79. The second-order valence-electron chi connectivity index (χ2n) is 4.42. The summed E-state index contributed by atoms with van der Waals surface area (Å²) in [5.74, 6) is 11.2. The molecule has 2 rings (SSSR count). The van der Waals surface area contributed by atoms with Gasteiger partial charge in [-0.3, -0.25) is 10.2 Å². The van der Waals surface area contributed by atoms with Gasteiger partial charge in [0, 0.05) is 5.69 Å². The van der Waals surface area contributed by atoms with Gasteiger partial charge in [-0.1, -0.05) is 30.0 Å². The zero-order chi connectivity index (χ0) is 15.4. The largest absolute Gasteiger partial charge is 0.334 e. The number of aromatic nitrogens is 3. The lowest BCUT2D eigenvalue weighted by molar-refractivity contribution is -0.113. The van der Waals surface area contributed by atoms with Crippen molar-refractivity contribution in [3.63, 3.8) is 0 Å². The van der Waals surface area contributed by atoms with E-state index in [0.29, 0.717) is 5.16 Å². The van der Waals surface area contributed by atoms with Crippen LogP contribution in [0.2, 0.25) is 0 Å². The molecule has 0 aliphatic carbocycles. The number of benzene rings is 1. The molecule has 1 aromatic carbocycles. The van der Waals surface area contributed by atoms with E-state index < -0.39 is 0 Å². The summed E-state index contributed by atoms with van der Waals surface area (Å²) in [4.78, 5) is 12.0. The minimum absolute atomic E-state index is 0.136. The Bertz CT molecular complexity index is 635. The first kappa shape index (κ1) is 15.1. The van der Waals surface area contributed by atoms with Crippen LogP contribution in [0.25, 0.3) is 0 Å². The van der Waals surface area contributed by atoms with E-state index >= 15 is 0 Å². The number of carbonyl (C=O) groups excluding carboxylic acids is 1. The lowest BCUT2D eigenvalue weighted by Gasteiger charge is -2.11. The number of rotatable bonds is 5. The van der Waals surface area contributed by atoms with Crippen molar-refractivity contribution in [1.82, 2.24) is 14.9 Å². The average molecular weight is 307 g/mol. The van der Waals surface area contributed by atoms with Crippen LogP contribution in [0, 0.1) is 13.8 Å². The Kier molecular flexibility index (Phi) is 4.66. The lowest BCUT2D eigenvalue weighted by Crippen LogP contribution is -2.20. The molecule has 0 saturated heterocycles. The molecule has 1 heterocycles. The second kappa shape index (κ2) is 6.46. The Balaban J connectivity index is 1.98. The third-order valence-electron chi connectivity index (χ3n) is 2.87. The van der Waals surface area contributed by atoms with Crippen LogP contribution in [0.1, 0.15) is 11.1 Å². The first-order valence-corrected chi connectivity index (χ1v) is 7.17. The summed E-state index contributed by atoms with van der Waals surface area (Å²) in [5, 5.41) is 10.8. The Morgan fingerprint density at radius 2 is 2.00 bits per heavy atom. The van der Waals surface area contributed by atoms with Gasteiger partial charge in [0.15, 0.2) is 0 Å². The van der Waals surface area contributed by atoms with Crippen LogP contribution >= 0.6 is 11.8 Å². The van der Waals surface area contributed by atoms with Crippen molar-refractivity contribution >= 4 is 29.3 Å². The molecule has 8 nitrogen and oxygen atoms in total. The maximum absolute atomic E-state index is 12.0. The number of aryl methyl sites for hydroxylation is 2. The summed E-state index contributed by atoms with van der Waals surface area (Å²) in [7, 11) is 0. The van der Waals surface area contributed by atoms with E-state index in [4.69, 9.17) is 11.7 Å².